The van der Waals surface area contributed by atoms with Gasteiger partial charge in [0, 0.05) is 37.8 Å². The van der Waals surface area contributed by atoms with Gasteiger partial charge in [0.05, 0.1) is 0 Å². The minimum Gasteiger partial charge on any atom is -0.329 e. The van der Waals surface area contributed by atoms with Crippen LogP contribution in [0.2, 0.25) is 0 Å². The molecule has 1 aliphatic rings. The number of hydrogen-bond acceptors (Lipinski definition) is 3. The summed E-state index contributed by atoms with van der Waals surface area (Å²) in [5, 5.41) is 0. The van der Waals surface area contributed by atoms with Crippen molar-refractivity contribution >= 4 is 0 Å². The number of likely N-dealkylation sites (N-methyl/N-ethyl adjacent to an activating group) is 1. The van der Waals surface area contributed by atoms with E-state index in [-0.39, 0.29) is 5.54 Å². The van der Waals surface area contributed by atoms with Crippen molar-refractivity contribution in [3.8, 4) is 0 Å². The van der Waals surface area contributed by atoms with E-state index in [1.807, 2.05) is 0 Å². The summed E-state index contributed by atoms with van der Waals surface area (Å²) in [7, 11) is 0. The van der Waals surface area contributed by atoms with Gasteiger partial charge in [0.1, 0.15) is 0 Å². The first-order valence-electron chi connectivity index (χ1n) is 8.18. The van der Waals surface area contributed by atoms with Crippen molar-refractivity contribution in [2.24, 2.45) is 11.7 Å². The van der Waals surface area contributed by atoms with E-state index in [0.717, 1.165) is 19.0 Å². The van der Waals surface area contributed by atoms with Crippen molar-refractivity contribution in [3.05, 3.63) is 0 Å². The summed E-state index contributed by atoms with van der Waals surface area (Å²) in [6.45, 7) is 17.1. The van der Waals surface area contributed by atoms with Gasteiger partial charge in [-0.2, -0.15) is 0 Å². The summed E-state index contributed by atoms with van der Waals surface area (Å²) in [5.74, 6) is 0.770. The molecule has 0 amide bonds. The average molecular weight is 269 g/mol. The van der Waals surface area contributed by atoms with Gasteiger partial charge in [-0.05, 0) is 39.2 Å². The maximum Gasteiger partial charge on any atom is 0.0356 e. The summed E-state index contributed by atoms with van der Waals surface area (Å²) in [5.41, 5.74) is 6.45. The summed E-state index contributed by atoms with van der Waals surface area (Å²) in [4.78, 5) is 5.25. The summed E-state index contributed by atoms with van der Waals surface area (Å²) >= 11 is 0. The summed E-state index contributed by atoms with van der Waals surface area (Å²) in [6.07, 6.45) is 3.72. The molecule has 2 N–H and O–H groups in total. The van der Waals surface area contributed by atoms with Gasteiger partial charge in [-0.25, -0.2) is 0 Å². The van der Waals surface area contributed by atoms with Crippen molar-refractivity contribution in [2.45, 2.75) is 65.5 Å². The maximum absolute atomic E-state index is 6.19. The second kappa shape index (κ2) is 7.61. The number of nitrogens with two attached hydrogens (primary N) is 1. The Morgan fingerprint density at radius 1 is 1.16 bits per heavy atom. The highest BCUT2D eigenvalue weighted by molar-refractivity contribution is 4.96. The van der Waals surface area contributed by atoms with E-state index < -0.39 is 0 Å². The van der Waals surface area contributed by atoms with E-state index in [1.54, 1.807) is 0 Å². The van der Waals surface area contributed by atoms with Crippen LogP contribution in [-0.4, -0.2) is 54.1 Å². The van der Waals surface area contributed by atoms with Crippen LogP contribution in [-0.2, 0) is 0 Å². The molecule has 0 aromatic rings. The Labute approximate surface area is 120 Å². The third kappa shape index (κ3) is 4.17. The largest absolute Gasteiger partial charge is 0.329 e. The Morgan fingerprint density at radius 3 is 2.11 bits per heavy atom. The fourth-order valence-electron chi connectivity index (χ4n) is 3.27. The fourth-order valence-corrected chi connectivity index (χ4v) is 3.27. The molecule has 0 spiro atoms. The number of hydrogen-bond donors (Lipinski definition) is 1. The second-order valence-electron chi connectivity index (χ2n) is 6.61. The van der Waals surface area contributed by atoms with Crippen LogP contribution in [0, 0.1) is 5.92 Å². The number of rotatable bonds is 7. The van der Waals surface area contributed by atoms with Gasteiger partial charge in [-0.1, -0.05) is 27.2 Å². The quantitative estimate of drug-likeness (QED) is 0.771. The third-order valence-corrected chi connectivity index (χ3v) is 5.12. The van der Waals surface area contributed by atoms with Gasteiger partial charge in [0.25, 0.3) is 0 Å². The lowest BCUT2D eigenvalue weighted by molar-refractivity contribution is 0.0127. The summed E-state index contributed by atoms with van der Waals surface area (Å²) in [6, 6.07) is 0.667. The minimum atomic E-state index is 0.254. The van der Waals surface area contributed by atoms with Crippen molar-refractivity contribution < 1.29 is 0 Å². The van der Waals surface area contributed by atoms with Crippen LogP contribution in [0.15, 0.2) is 0 Å². The molecule has 1 rings (SSSR count). The predicted octanol–water partition coefficient (Wildman–Crippen LogP) is 2.56. The lowest BCUT2D eigenvalue weighted by atomic mass is 9.84. The molecule has 0 aromatic carbocycles. The normalized spacial score (nSPS) is 22.1. The van der Waals surface area contributed by atoms with Crippen LogP contribution in [0.1, 0.15) is 53.9 Å². The molecule has 0 aromatic heterocycles. The highest BCUT2D eigenvalue weighted by Crippen LogP contribution is 2.30. The molecule has 3 heteroatoms. The zero-order valence-corrected chi connectivity index (χ0v) is 13.8. The van der Waals surface area contributed by atoms with E-state index in [4.69, 9.17) is 5.73 Å². The van der Waals surface area contributed by atoms with Crippen molar-refractivity contribution in [3.63, 3.8) is 0 Å². The number of nitrogens with zero attached hydrogens (tertiary/aromatic N) is 2. The lowest BCUT2D eigenvalue weighted by Gasteiger charge is -2.49. The molecule has 19 heavy (non-hydrogen) atoms. The minimum absolute atomic E-state index is 0.254. The van der Waals surface area contributed by atoms with Gasteiger partial charge < -0.3 is 10.6 Å². The molecule has 1 heterocycles. The van der Waals surface area contributed by atoms with Crippen LogP contribution in [0.3, 0.4) is 0 Å². The highest BCUT2D eigenvalue weighted by atomic mass is 15.2. The van der Waals surface area contributed by atoms with Gasteiger partial charge in [0.2, 0.25) is 0 Å². The number of piperidine rings is 1. The molecule has 1 aliphatic heterocycles. The van der Waals surface area contributed by atoms with Crippen molar-refractivity contribution in [1.82, 2.24) is 9.80 Å². The molecular weight excluding hydrogens is 234 g/mol. The fraction of sp³-hybridized carbons (Fsp3) is 1.00. The van der Waals surface area contributed by atoms with Gasteiger partial charge >= 0.3 is 0 Å². The SMILES string of the molecule is CCC(C)CN(CC)C1(CN)CCN(C(C)C)CC1. The Balaban J connectivity index is 2.69. The lowest BCUT2D eigenvalue weighted by Crippen LogP contribution is -2.60. The van der Waals surface area contributed by atoms with E-state index >= 15 is 0 Å². The zero-order chi connectivity index (χ0) is 14.5. The average Bonchev–Trinajstić information content (AvgIpc) is 2.44. The molecular formula is C16H35N3. The monoisotopic (exact) mass is 269 g/mol. The van der Waals surface area contributed by atoms with E-state index in [0.29, 0.717) is 6.04 Å². The van der Waals surface area contributed by atoms with E-state index in [2.05, 4.69) is 44.4 Å². The molecule has 0 saturated carbocycles. The van der Waals surface area contributed by atoms with Crippen LogP contribution >= 0.6 is 0 Å². The predicted molar refractivity (Wildman–Crippen MR) is 84.4 cm³/mol. The van der Waals surface area contributed by atoms with Crippen molar-refractivity contribution in [2.75, 3.05) is 32.7 Å². The maximum atomic E-state index is 6.19. The Bertz CT molecular complexity index is 244. The Hall–Kier alpha value is -0.120. The Kier molecular flexibility index (Phi) is 6.78. The van der Waals surface area contributed by atoms with Gasteiger partial charge in [-0.15, -0.1) is 0 Å². The molecule has 0 aliphatic carbocycles. The molecule has 1 unspecified atom stereocenters. The van der Waals surface area contributed by atoms with E-state index in [9.17, 15) is 0 Å². The first-order chi connectivity index (χ1) is 8.99. The highest BCUT2D eigenvalue weighted by Gasteiger charge is 2.38. The van der Waals surface area contributed by atoms with Crippen LogP contribution in [0.4, 0.5) is 0 Å². The van der Waals surface area contributed by atoms with Gasteiger partial charge in [-0.3, -0.25) is 4.90 Å². The van der Waals surface area contributed by atoms with Crippen LogP contribution in [0.5, 0.6) is 0 Å². The summed E-state index contributed by atoms with van der Waals surface area (Å²) < 4.78 is 0. The topological polar surface area (TPSA) is 32.5 Å². The smallest absolute Gasteiger partial charge is 0.0356 e. The third-order valence-electron chi connectivity index (χ3n) is 5.12. The number of likely N-dealkylation sites (tertiary alicyclic amines) is 1. The molecule has 0 radical (unpaired) electrons. The molecule has 1 atom stereocenters. The molecule has 1 saturated heterocycles. The molecule has 3 nitrogen and oxygen atoms in total. The molecule has 114 valence electrons. The molecule has 0 bridgehead atoms. The van der Waals surface area contributed by atoms with Crippen LogP contribution in [0.25, 0.3) is 0 Å². The standard InChI is InChI=1S/C16H35N3/c1-6-15(5)12-19(7-2)16(13-17)8-10-18(11-9-16)14(3)4/h14-15H,6-13,17H2,1-5H3. The van der Waals surface area contributed by atoms with Gasteiger partial charge in [0.15, 0.2) is 0 Å². The van der Waals surface area contributed by atoms with Crippen molar-refractivity contribution in [1.29, 1.82) is 0 Å². The first kappa shape index (κ1) is 16.9. The van der Waals surface area contributed by atoms with Crippen LogP contribution < -0.4 is 5.73 Å². The van der Waals surface area contributed by atoms with E-state index in [1.165, 1.54) is 38.9 Å². The second-order valence-corrected chi connectivity index (χ2v) is 6.61. The molecule has 1 fully saturated rings. The first-order valence-corrected chi connectivity index (χ1v) is 8.18. The Morgan fingerprint density at radius 2 is 1.74 bits per heavy atom. The zero-order valence-electron chi connectivity index (χ0n) is 13.8.